The largest absolute Gasteiger partial charge is 0.481 e. The number of halogens is 1. The Hall–Kier alpha value is -3.87. The number of hydrogen-bond acceptors (Lipinski definition) is 7. The van der Waals surface area contributed by atoms with Gasteiger partial charge in [0.05, 0.1) is 31.5 Å². The average Bonchev–Trinajstić information content (AvgIpc) is 3.38. The molecule has 0 spiro atoms. The summed E-state index contributed by atoms with van der Waals surface area (Å²) in [6.45, 7) is 15.3. The Labute approximate surface area is 276 Å². The summed E-state index contributed by atoms with van der Waals surface area (Å²) in [7, 11) is -2.10. The number of fused-ring (bicyclic) bond motifs is 1. The minimum atomic E-state index is -2.10. The topological polar surface area (TPSA) is 112 Å². The van der Waals surface area contributed by atoms with E-state index in [1.165, 1.54) is 16.7 Å². The van der Waals surface area contributed by atoms with Crippen molar-refractivity contribution in [2.45, 2.75) is 96.9 Å². The van der Waals surface area contributed by atoms with Gasteiger partial charge in [-0.2, -0.15) is 0 Å². The molecular formula is C35H45FN4O6Si. The molecule has 5 rings (SSSR count). The van der Waals surface area contributed by atoms with Gasteiger partial charge in [0.25, 0.3) is 11.5 Å². The maximum absolute atomic E-state index is 14.7. The van der Waals surface area contributed by atoms with E-state index in [2.05, 4.69) is 44.2 Å². The molecule has 0 saturated carbocycles. The number of benzene rings is 2. The number of amides is 2. The molecule has 0 radical (unpaired) electrons. The quantitative estimate of drug-likeness (QED) is 0.278. The van der Waals surface area contributed by atoms with Crippen molar-refractivity contribution >= 4 is 25.8 Å². The van der Waals surface area contributed by atoms with E-state index in [0.29, 0.717) is 43.1 Å². The maximum Gasteiger partial charge on any atom is 0.296 e. The number of carbonyl (C=O) groups is 2. The molecule has 12 heteroatoms. The predicted molar refractivity (Wildman–Crippen MR) is 179 cm³/mol. The lowest BCUT2D eigenvalue weighted by atomic mass is 10.1. The SMILES string of the molecule is CC1(C)OCCn2c1nc(C(=O)NCc1ccc(F)cc1N1C(=O)CC[C@@H]1CO[Si](C)(C)C(C)(C)C)c(OCc1ccccc1)c2=O. The molecule has 0 unspecified atom stereocenters. The predicted octanol–water partition coefficient (Wildman–Crippen LogP) is 5.67. The Bertz CT molecular complexity index is 1700. The highest BCUT2D eigenvalue weighted by Gasteiger charge is 2.41. The number of aromatic nitrogens is 2. The Morgan fingerprint density at radius 3 is 2.57 bits per heavy atom. The van der Waals surface area contributed by atoms with E-state index in [0.717, 1.165) is 5.56 Å². The van der Waals surface area contributed by atoms with Crippen molar-refractivity contribution in [1.82, 2.24) is 14.9 Å². The summed E-state index contributed by atoms with van der Waals surface area (Å²) in [4.78, 5) is 47.0. The summed E-state index contributed by atoms with van der Waals surface area (Å²) >= 11 is 0. The van der Waals surface area contributed by atoms with E-state index in [1.54, 1.807) is 24.8 Å². The molecule has 1 fully saturated rings. The molecule has 252 valence electrons. The third-order valence-corrected chi connectivity index (χ3v) is 13.9. The minimum Gasteiger partial charge on any atom is -0.481 e. The third-order valence-electron chi connectivity index (χ3n) is 9.40. The van der Waals surface area contributed by atoms with Crippen LogP contribution in [0.3, 0.4) is 0 Å². The minimum absolute atomic E-state index is 0.00702. The van der Waals surface area contributed by atoms with Gasteiger partial charge in [0.2, 0.25) is 11.7 Å². The van der Waals surface area contributed by atoms with Gasteiger partial charge in [0.1, 0.15) is 23.8 Å². The molecule has 2 aliphatic heterocycles. The van der Waals surface area contributed by atoms with Crippen molar-refractivity contribution in [3.63, 3.8) is 0 Å². The highest BCUT2D eigenvalue weighted by molar-refractivity contribution is 6.74. The van der Waals surface area contributed by atoms with Gasteiger partial charge in [-0.15, -0.1) is 0 Å². The van der Waals surface area contributed by atoms with E-state index in [4.69, 9.17) is 13.9 Å². The van der Waals surface area contributed by atoms with Crippen molar-refractivity contribution in [3.8, 4) is 5.75 Å². The molecule has 1 saturated heterocycles. The van der Waals surface area contributed by atoms with Crippen LogP contribution in [0.5, 0.6) is 5.75 Å². The smallest absolute Gasteiger partial charge is 0.296 e. The lowest BCUT2D eigenvalue weighted by Gasteiger charge is -2.38. The number of carbonyl (C=O) groups excluding carboxylic acids is 2. The van der Waals surface area contributed by atoms with Gasteiger partial charge in [-0.3, -0.25) is 19.0 Å². The second-order valence-electron chi connectivity index (χ2n) is 14.2. The Morgan fingerprint density at radius 2 is 1.87 bits per heavy atom. The molecule has 10 nitrogen and oxygen atoms in total. The van der Waals surface area contributed by atoms with Gasteiger partial charge in [0, 0.05) is 13.0 Å². The van der Waals surface area contributed by atoms with Crippen molar-refractivity contribution in [2.24, 2.45) is 0 Å². The van der Waals surface area contributed by atoms with Gasteiger partial charge < -0.3 is 24.1 Å². The Morgan fingerprint density at radius 1 is 1.15 bits per heavy atom. The number of rotatable bonds is 10. The van der Waals surface area contributed by atoms with Gasteiger partial charge >= 0.3 is 0 Å². The zero-order valence-corrected chi connectivity index (χ0v) is 29.3. The van der Waals surface area contributed by atoms with Crippen molar-refractivity contribution in [1.29, 1.82) is 0 Å². The summed E-state index contributed by atoms with van der Waals surface area (Å²) < 4.78 is 34.5. The maximum atomic E-state index is 14.7. The Kier molecular flexibility index (Phi) is 9.77. The monoisotopic (exact) mass is 664 g/mol. The van der Waals surface area contributed by atoms with Gasteiger partial charge in [0.15, 0.2) is 14.0 Å². The van der Waals surface area contributed by atoms with E-state index in [9.17, 15) is 18.8 Å². The first-order chi connectivity index (χ1) is 22.1. The van der Waals surface area contributed by atoms with Crippen molar-refractivity contribution in [2.75, 3.05) is 18.1 Å². The molecule has 1 aromatic heterocycles. The fourth-order valence-electron chi connectivity index (χ4n) is 5.60. The number of nitrogens with one attached hydrogen (secondary N) is 1. The fraction of sp³-hybridized carbons (Fsp3) is 0.486. The third kappa shape index (κ3) is 7.34. The highest BCUT2D eigenvalue weighted by Crippen LogP contribution is 2.38. The van der Waals surface area contributed by atoms with E-state index in [-0.39, 0.29) is 48.1 Å². The number of anilines is 1. The molecule has 1 atom stereocenters. The standard InChI is InChI=1S/C35H45FN4O6Si/c1-34(2,3)47(6,7)46-22-26-15-16-28(41)40(26)27-19-25(36)14-13-24(27)20-37-31(42)29-30(44-21-23-11-9-8-10-12-23)32(43)39-17-18-45-35(4,5)33(39)38-29/h8-14,19,26H,15-18,20-22H2,1-7H3,(H,37,42)/t26-/m1/s1. The van der Waals surface area contributed by atoms with Crippen LogP contribution in [0.1, 0.15) is 74.9 Å². The highest BCUT2D eigenvalue weighted by atomic mass is 28.4. The van der Waals surface area contributed by atoms with Crippen LogP contribution in [0.15, 0.2) is 53.3 Å². The molecule has 1 N–H and O–H groups in total. The van der Waals surface area contributed by atoms with Crippen LogP contribution in [-0.2, 0) is 39.3 Å². The first-order valence-corrected chi connectivity index (χ1v) is 19.0. The molecule has 3 aromatic rings. The summed E-state index contributed by atoms with van der Waals surface area (Å²) in [6.07, 6.45) is 0.898. The molecular weight excluding hydrogens is 619 g/mol. The van der Waals surface area contributed by atoms with E-state index in [1.807, 2.05) is 30.3 Å². The van der Waals surface area contributed by atoms with Crippen LogP contribution in [0.25, 0.3) is 0 Å². The fourth-order valence-corrected chi connectivity index (χ4v) is 6.64. The van der Waals surface area contributed by atoms with E-state index >= 15 is 0 Å². The van der Waals surface area contributed by atoms with Crippen LogP contribution in [0.4, 0.5) is 10.1 Å². The van der Waals surface area contributed by atoms with E-state index < -0.39 is 31.2 Å². The number of hydrogen-bond donors (Lipinski definition) is 1. The van der Waals surface area contributed by atoms with Crippen LogP contribution < -0.4 is 20.5 Å². The zero-order chi connectivity index (χ0) is 34.1. The first-order valence-electron chi connectivity index (χ1n) is 16.1. The second kappa shape index (κ2) is 13.3. The zero-order valence-electron chi connectivity index (χ0n) is 28.3. The molecule has 0 bridgehead atoms. The van der Waals surface area contributed by atoms with Crippen LogP contribution in [0, 0.1) is 5.82 Å². The lowest BCUT2D eigenvalue weighted by molar-refractivity contribution is -0.117. The van der Waals surface area contributed by atoms with Gasteiger partial charge in [-0.25, -0.2) is 9.37 Å². The lowest BCUT2D eigenvalue weighted by Crippen LogP contribution is -2.45. The summed E-state index contributed by atoms with van der Waals surface area (Å²) in [5, 5.41) is 2.84. The number of ether oxygens (including phenoxy) is 2. The van der Waals surface area contributed by atoms with Gasteiger partial charge in [-0.05, 0) is 61.7 Å². The molecule has 2 aromatic carbocycles. The molecule has 2 aliphatic rings. The van der Waals surface area contributed by atoms with Gasteiger partial charge in [-0.1, -0.05) is 57.2 Å². The summed E-state index contributed by atoms with van der Waals surface area (Å²) in [5.74, 6) is -1.11. The van der Waals surface area contributed by atoms with Crippen LogP contribution in [0.2, 0.25) is 18.1 Å². The average molecular weight is 665 g/mol. The van der Waals surface area contributed by atoms with Crippen LogP contribution >= 0.6 is 0 Å². The molecule has 3 heterocycles. The molecule has 47 heavy (non-hydrogen) atoms. The van der Waals surface area contributed by atoms with Crippen molar-refractivity contribution in [3.05, 3.63) is 87.3 Å². The summed E-state index contributed by atoms with van der Waals surface area (Å²) in [6, 6.07) is 13.2. The first kappa shape index (κ1) is 34.5. The van der Waals surface area contributed by atoms with Crippen LogP contribution in [-0.4, -0.2) is 48.9 Å². The van der Waals surface area contributed by atoms with Crippen molar-refractivity contribution < 1.29 is 27.9 Å². The second-order valence-corrected chi connectivity index (χ2v) is 19.0. The number of nitrogens with zero attached hydrogens (tertiary/aromatic N) is 3. The summed E-state index contributed by atoms with van der Waals surface area (Å²) in [5.41, 5.74) is 0.191. The molecule has 0 aliphatic carbocycles. The Balaban J connectivity index is 1.43. The normalized spacial score (nSPS) is 17.8. The molecule has 2 amide bonds.